The van der Waals surface area contributed by atoms with Crippen LogP contribution in [0.2, 0.25) is 0 Å². The SMILES string of the molecule is CC(C)Oc1ccc(S(=O)(=O)N(C)CCC(N)C(C)C)cc1.Cl. The normalized spacial score (nSPS) is 13.3. The van der Waals surface area contributed by atoms with Crippen molar-refractivity contribution < 1.29 is 13.2 Å². The predicted molar refractivity (Wildman–Crippen MR) is 96.7 cm³/mol. The molecule has 1 aromatic carbocycles. The Morgan fingerprint density at radius 1 is 1.13 bits per heavy atom. The second kappa shape index (κ2) is 9.47. The topological polar surface area (TPSA) is 72.6 Å². The van der Waals surface area contributed by atoms with Crippen LogP contribution in [-0.2, 0) is 10.0 Å². The van der Waals surface area contributed by atoms with Crippen molar-refractivity contribution in [3.05, 3.63) is 24.3 Å². The fourth-order valence-corrected chi connectivity index (χ4v) is 3.11. The molecule has 0 radical (unpaired) electrons. The fourth-order valence-electron chi connectivity index (χ4n) is 1.93. The van der Waals surface area contributed by atoms with Crippen LogP contribution in [0.15, 0.2) is 29.2 Å². The number of hydrogen-bond donors (Lipinski definition) is 1. The van der Waals surface area contributed by atoms with Crippen LogP contribution in [0, 0.1) is 5.92 Å². The Labute approximate surface area is 146 Å². The van der Waals surface area contributed by atoms with Crippen LogP contribution in [0.25, 0.3) is 0 Å². The molecule has 0 fully saturated rings. The van der Waals surface area contributed by atoms with Gasteiger partial charge in [-0.1, -0.05) is 13.8 Å². The lowest BCUT2D eigenvalue weighted by atomic mass is 10.0. The van der Waals surface area contributed by atoms with Crippen molar-refractivity contribution in [2.75, 3.05) is 13.6 Å². The third-order valence-electron chi connectivity index (χ3n) is 3.54. The van der Waals surface area contributed by atoms with Crippen molar-refractivity contribution in [3.8, 4) is 5.75 Å². The molecule has 0 saturated carbocycles. The lowest BCUT2D eigenvalue weighted by Gasteiger charge is -2.21. The summed E-state index contributed by atoms with van der Waals surface area (Å²) in [6.45, 7) is 8.33. The van der Waals surface area contributed by atoms with Crippen molar-refractivity contribution in [3.63, 3.8) is 0 Å². The Kier molecular flexibility index (Phi) is 9.13. The minimum Gasteiger partial charge on any atom is -0.491 e. The third-order valence-corrected chi connectivity index (χ3v) is 5.41. The minimum absolute atomic E-state index is 0. The van der Waals surface area contributed by atoms with E-state index >= 15 is 0 Å². The van der Waals surface area contributed by atoms with E-state index in [1.165, 1.54) is 4.31 Å². The molecule has 1 aromatic rings. The van der Waals surface area contributed by atoms with Gasteiger partial charge >= 0.3 is 0 Å². The van der Waals surface area contributed by atoms with E-state index in [1.54, 1.807) is 31.3 Å². The summed E-state index contributed by atoms with van der Waals surface area (Å²) >= 11 is 0. The first-order valence-electron chi connectivity index (χ1n) is 7.63. The number of ether oxygens (including phenoxy) is 1. The largest absolute Gasteiger partial charge is 0.491 e. The molecule has 0 spiro atoms. The molecule has 0 saturated heterocycles. The fraction of sp³-hybridized carbons (Fsp3) is 0.625. The van der Waals surface area contributed by atoms with E-state index in [9.17, 15) is 8.42 Å². The average molecular weight is 365 g/mol. The first-order chi connectivity index (χ1) is 10.1. The van der Waals surface area contributed by atoms with Crippen LogP contribution in [0.5, 0.6) is 5.75 Å². The molecule has 0 bridgehead atoms. The zero-order valence-corrected chi connectivity index (χ0v) is 16.2. The number of nitrogens with two attached hydrogens (primary N) is 1. The number of hydrogen-bond acceptors (Lipinski definition) is 4. The maximum atomic E-state index is 12.5. The van der Waals surface area contributed by atoms with E-state index in [-0.39, 0.29) is 29.4 Å². The van der Waals surface area contributed by atoms with Gasteiger partial charge in [-0.25, -0.2) is 12.7 Å². The number of rotatable bonds is 8. The van der Waals surface area contributed by atoms with Gasteiger partial charge in [-0.2, -0.15) is 0 Å². The minimum atomic E-state index is -3.48. The van der Waals surface area contributed by atoms with Crippen molar-refractivity contribution in [2.45, 2.75) is 51.2 Å². The van der Waals surface area contributed by atoms with Gasteiger partial charge in [0.2, 0.25) is 10.0 Å². The van der Waals surface area contributed by atoms with E-state index in [0.717, 1.165) is 0 Å². The van der Waals surface area contributed by atoms with Crippen LogP contribution in [0.3, 0.4) is 0 Å². The molecule has 0 aromatic heterocycles. The van der Waals surface area contributed by atoms with Gasteiger partial charge in [0.15, 0.2) is 0 Å². The molecule has 1 atom stereocenters. The van der Waals surface area contributed by atoms with Gasteiger partial charge in [0.1, 0.15) is 5.75 Å². The predicted octanol–water partition coefficient (Wildman–Crippen LogP) is 2.89. The first-order valence-corrected chi connectivity index (χ1v) is 9.07. The van der Waals surface area contributed by atoms with Gasteiger partial charge in [0, 0.05) is 19.6 Å². The zero-order valence-electron chi connectivity index (χ0n) is 14.5. The summed E-state index contributed by atoms with van der Waals surface area (Å²) in [6.07, 6.45) is 0.699. The summed E-state index contributed by atoms with van der Waals surface area (Å²) in [5.41, 5.74) is 5.97. The van der Waals surface area contributed by atoms with Crippen molar-refractivity contribution in [1.82, 2.24) is 4.31 Å². The highest BCUT2D eigenvalue weighted by Gasteiger charge is 2.21. The molecule has 23 heavy (non-hydrogen) atoms. The van der Waals surface area contributed by atoms with Gasteiger partial charge in [-0.3, -0.25) is 0 Å². The molecule has 5 nitrogen and oxygen atoms in total. The lowest BCUT2D eigenvalue weighted by Crippen LogP contribution is -2.34. The standard InChI is InChI=1S/C16H28N2O3S.ClH/c1-12(2)16(17)10-11-18(5)22(19,20)15-8-6-14(7-9-15)21-13(3)4;/h6-9,12-13,16H,10-11,17H2,1-5H3;1H. The van der Waals surface area contributed by atoms with Gasteiger partial charge in [0.05, 0.1) is 11.0 Å². The van der Waals surface area contributed by atoms with E-state index in [4.69, 9.17) is 10.5 Å². The first kappa shape index (κ1) is 22.2. The Morgan fingerprint density at radius 2 is 1.65 bits per heavy atom. The molecule has 1 unspecified atom stereocenters. The van der Waals surface area contributed by atoms with Gasteiger partial charge in [-0.15, -0.1) is 12.4 Å². The van der Waals surface area contributed by atoms with Crippen LogP contribution in [-0.4, -0.2) is 38.5 Å². The summed E-state index contributed by atoms with van der Waals surface area (Å²) in [5.74, 6) is 1.00. The van der Waals surface area contributed by atoms with E-state index in [1.807, 2.05) is 27.7 Å². The molecule has 0 aliphatic rings. The summed E-state index contributed by atoms with van der Waals surface area (Å²) in [6, 6.07) is 6.51. The van der Waals surface area contributed by atoms with Crippen molar-refractivity contribution >= 4 is 22.4 Å². The van der Waals surface area contributed by atoms with Crippen LogP contribution in [0.1, 0.15) is 34.1 Å². The highest BCUT2D eigenvalue weighted by Crippen LogP contribution is 2.20. The quantitative estimate of drug-likeness (QED) is 0.769. The molecule has 0 amide bonds. The second-order valence-electron chi connectivity index (χ2n) is 6.16. The summed E-state index contributed by atoms with van der Waals surface area (Å²) in [7, 11) is -1.90. The van der Waals surface area contributed by atoms with Crippen molar-refractivity contribution in [1.29, 1.82) is 0 Å². The van der Waals surface area contributed by atoms with E-state index in [2.05, 4.69) is 0 Å². The smallest absolute Gasteiger partial charge is 0.242 e. The zero-order chi connectivity index (χ0) is 16.9. The molecule has 0 aliphatic carbocycles. The van der Waals surface area contributed by atoms with E-state index < -0.39 is 10.0 Å². The molecule has 0 heterocycles. The van der Waals surface area contributed by atoms with Gasteiger partial charge < -0.3 is 10.5 Å². The second-order valence-corrected chi connectivity index (χ2v) is 8.21. The van der Waals surface area contributed by atoms with Gasteiger partial charge in [0.25, 0.3) is 0 Å². The monoisotopic (exact) mass is 364 g/mol. The summed E-state index contributed by atoms with van der Waals surface area (Å²) in [4.78, 5) is 0.268. The average Bonchev–Trinajstić information content (AvgIpc) is 2.44. The maximum absolute atomic E-state index is 12.5. The van der Waals surface area contributed by atoms with Crippen molar-refractivity contribution in [2.24, 2.45) is 11.7 Å². The molecular formula is C16H29ClN2O3S. The lowest BCUT2D eigenvalue weighted by molar-refractivity contribution is 0.242. The highest BCUT2D eigenvalue weighted by atomic mass is 35.5. The number of sulfonamides is 1. The molecule has 2 N–H and O–H groups in total. The van der Waals surface area contributed by atoms with E-state index in [0.29, 0.717) is 24.6 Å². The molecular weight excluding hydrogens is 336 g/mol. The third kappa shape index (κ3) is 6.67. The van der Waals surface area contributed by atoms with Crippen LogP contribution >= 0.6 is 12.4 Å². The maximum Gasteiger partial charge on any atom is 0.242 e. The number of nitrogens with zero attached hydrogens (tertiary/aromatic N) is 1. The molecule has 7 heteroatoms. The number of halogens is 1. The van der Waals surface area contributed by atoms with Crippen LogP contribution in [0.4, 0.5) is 0 Å². The highest BCUT2D eigenvalue weighted by molar-refractivity contribution is 7.89. The summed E-state index contributed by atoms with van der Waals surface area (Å²) < 4.78 is 31.9. The van der Waals surface area contributed by atoms with Gasteiger partial charge in [-0.05, 0) is 50.5 Å². The Morgan fingerprint density at radius 3 is 2.09 bits per heavy atom. The Balaban J connectivity index is 0.00000484. The summed E-state index contributed by atoms with van der Waals surface area (Å²) in [5, 5.41) is 0. The molecule has 0 aliphatic heterocycles. The van der Waals surface area contributed by atoms with Crippen LogP contribution < -0.4 is 10.5 Å². The molecule has 134 valence electrons. The Bertz CT molecular complexity index is 559. The molecule has 1 rings (SSSR count). The number of benzene rings is 1. The Hall–Kier alpha value is -0.820.